The third-order valence-corrected chi connectivity index (χ3v) is 4.72. The van der Waals surface area contributed by atoms with Crippen LogP contribution in [0.5, 0.6) is 0 Å². The summed E-state index contributed by atoms with van der Waals surface area (Å²) in [5.41, 5.74) is 11.7. The Kier molecular flexibility index (Phi) is 17.7. The van der Waals surface area contributed by atoms with Crippen molar-refractivity contribution in [1.29, 1.82) is 0 Å². The molecule has 0 aliphatic rings. The number of hydrogen-bond acceptors (Lipinski definition) is 2. The zero-order valence-corrected chi connectivity index (χ0v) is 16.1. The molecule has 0 saturated carbocycles. The minimum absolute atomic E-state index is 0.137. The summed E-state index contributed by atoms with van der Waals surface area (Å²) in [7, 11) is 0. The molecule has 0 aromatic carbocycles. The first-order valence-corrected chi connectivity index (χ1v) is 10.3. The first kappa shape index (κ1) is 22.7. The molecule has 0 rings (SSSR count). The molecular formula is C21H44N2. The first-order valence-electron chi connectivity index (χ1n) is 10.3. The molecule has 2 atom stereocenters. The normalized spacial score (nSPS) is 14.4. The minimum atomic E-state index is 0.137. The van der Waals surface area contributed by atoms with Crippen molar-refractivity contribution in [3.63, 3.8) is 0 Å². The van der Waals surface area contributed by atoms with Crippen LogP contribution in [0.4, 0.5) is 0 Å². The third-order valence-electron chi connectivity index (χ3n) is 4.72. The molecule has 138 valence electrons. The Bertz CT molecular complexity index is 248. The molecular weight excluding hydrogens is 280 g/mol. The van der Waals surface area contributed by atoms with Gasteiger partial charge in [-0.3, -0.25) is 0 Å². The summed E-state index contributed by atoms with van der Waals surface area (Å²) in [5, 5.41) is 0. The second-order valence-corrected chi connectivity index (χ2v) is 7.25. The largest absolute Gasteiger partial charge is 0.327 e. The van der Waals surface area contributed by atoms with Crippen molar-refractivity contribution in [2.45, 2.75) is 122 Å². The van der Waals surface area contributed by atoms with Crippen LogP contribution >= 0.6 is 0 Å². The van der Waals surface area contributed by atoms with Crippen molar-refractivity contribution < 1.29 is 0 Å². The molecule has 0 heterocycles. The molecule has 0 spiro atoms. The summed E-state index contributed by atoms with van der Waals surface area (Å²) in [6.07, 6.45) is 24.8. The van der Waals surface area contributed by atoms with Crippen molar-refractivity contribution in [2.24, 2.45) is 11.5 Å². The van der Waals surface area contributed by atoms with E-state index < -0.39 is 0 Å². The summed E-state index contributed by atoms with van der Waals surface area (Å²) in [6, 6.07) is 0.324. The maximum absolute atomic E-state index is 5.94. The molecule has 0 aliphatic heterocycles. The molecule has 4 N–H and O–H groups in total. The lowest BCUT2D eigenvalue weighted by molar-refractivity contribution is 0.484. The highest BCUT2D eigenvalue weighted by molar-refractivity contribution is 4.81. The fraction of sp³-hybridized carbons (Fsp3) is 0.905. The molecule has 2 nitrogen and oxygen atoms in total. The Morgan fingerprint density at radius 3 is 1.57 bits per heavy atom. The van der Waals surface area contributed by atoms with Gasteiger partial charge in [0.2, 0.25) is 0 Å². The van der Waals surface area contributed by atoms with E-state index in [1.807, 2.05) is 6.92 Å². The topological polar surface area (TPSA) is 52.0 Å². The highest BCUT2D eigenvalue weighted by atomic mass is 14.8. The predicted molar refractivity (Wildman–Crippen MR) is 106 cm³/mol. The van der Waals surface area contributed by atoms with Crippen LogP contribution in [0.25, 0.3) is 0 Å². The quantitative estimate of drug-likeness (QED) is 0.251. The van der Waals surface area contributed by atoms with E-state index in [2.05, 4.69) is 19.1 Å². The van der Waals surface area contributed by atoms with E-state index in [-0.39, 0.29) is 12.1 Å². The molecule has 0 bridgehead atoms. The fourth-order valence-electron chi connectivity index (χ4n) is 2.89. The second-order valence-electron chi connectivity index (χ2n) is 7.25. The Morgan fingerprint density at radius 2 is 1.09 bits per heavy atom. The Balaban J connectivity index is 3.13. The summed E-state index contributed by atoms with van der Waals surface area (Å²) in [4.78, 5) is 0. The maximum atomic E-state index is 5.94. The van der Waals surface area contributed by atoms with Crippen LogP contribution < -0.4 is 11.5 Å². The smallest absolute Gasteiger partial charge is 0.0189 e. The lowest BCUT2D eigenvalue weighted by atomic mass is 10.0. The molecule has 2 heteroatoms. The van der Waals surface area contributed by atoms with Crippen LogP contribution in [0.3, 0.4) is 0 Å². The van der Waals surface area contributed by atoms with Gasteiger partial charge in [-0.2, -0.15) is 0 Å². The average molecular weight is 325 g/mol. The molecule has 1 unspecified atom stereocenters. The van der Waals surface area contributed by atoms with Crippen molar-refractivity contribution in [3.05, 3.63) is 12.2 Å². The van der Waals surface area contributed by atoms with E-state index >= 15 is 0 Å². The van der Waals surface area contributed by atoms with Gasteiger partial charge in [0, 0.05) is 12.1 Å². The summed E-state index contributed by atoms with van der Waals surface area (Å²) in [5.74, 6) is 0. The molecule has 0 saturated heterocycles. The third kappa shape index (κ3) is 17.8. The highest BCUT2D eigenvalue weighted by Gasteiger charge is 2.06. The van der Waals surface area contributed by atoms with E-state index in [1.54, 1.807) is 0 Å². The van der Waals surface area contributed by atoms with Crippen LogP contribution in [0.15, 0.2) is 12.2 Å². The molecule has 0 radical (unpaired) electrons. The van der Waals surface area contributed by atoms with Gasteiger partial charge in [0.25, 0.3) is 0 Å². The van der Waals surface area contributed by atoms with Gasteiger partial charge in [-0.1, -0.05) is 83.3 Å². The van der Waals surface area contributed by atoms with Crippen molar-refractivity contribution in [1.82, 2.24) is 0 Å². The molecule has 0 aromatic rings. The summed E-state index contributed by atoms with van der Waals surface area (Å²) < 4.78 is 0. The van der Waals surface area contributed by atoms with Gasteiger partial charge in [-0.25, -0.2) is 0 Å². The van der Waals surface area contributed by atoms with Crippen molar-refractivity contribution in [3.8, 4) is 0 Å². The monoisotopic (exact) mass is 324 g/mol. The number of unbranched alkanes of at least 4 members (excludes halogenated alkanes) is 12. The van der Waals surface area contributed by atoms with Gasteiger partial charge in [0.1, 0.15) is 0 Å². The average Bonchev–Trinajstić information content (AvgIpc) is 2.54. The Morgan fingerprint density at radius 1 is 0.652 bits per heavy atom. The molecule has 0 aromatic heterocycles. The van der Waals surface area contributed by atoms with E-state index in [0.717, 1.165) is 6.42 Å². The van der Waals surface area contributed by atoms with Crippen molar-refractivity contribution >= 4 is 0 Å². The molecule has 0 fully saturated rings. The van der Waals surface area contributed by atoms with Crippen LogP contribution in [0.1, 0.15) is 110 Å². The lowest BCUT2D eigenvalue weighted by Gasteiger charge is -2.14. The predicted octanol–water partition coefficient (Wildman–Crippen LogP) is 6.09. The van der Waals surface area contributed by atoms with Gasteiger partial charge in [0.15, 0.2) is 0 Å². The highest BCUT2D eigenvalue weighted by Crippen LogP contribution is 2.11. The van der Waals surface area contributed by atoms with Gasteiger partial charge in [-0.15, -0.1) is 0 Å². The van der Waals surface area contributed by atoms with E-state index in [9.17, 15) is 0 Å². The first-order chi connectivity index (χ1) is 11.2. The Hall–Kier alpha value is -0.340. The van der Waals surface area contributed by atoms with Crippen LogP contribution in [-0.2, 0) is 0 Å². The van der Waals surface area contributed by atoms with Gasteiger partial charge < -0.3 is 11.5 Å². The number of nitrogens with two attached hydrogens (primary N) is 2. The minimum Gasteiger partial charge on any atom is -0.327 e. The fourth-order valence-corrected chi connectivity index (χ4v) is 2.89. The zero-order valence-electron chi connectivity index (χ0n) is 16.1. The van der Waals surface area contributed by atoms with E-state index in [1.165, 1.54) is 89.9 Å². The second kappa shape index (κ2) is 18.0. The van der Waals surface area contributed by atoms with Crippen molar-refractivity contribution in [2.75, 3.05) is 0 Å². The number of rotatable bonds is 17. The number of allylic oxidation sites excluding steroid dienone is 2. The Labute approximate surface area is 146 Å². The van der Waals surface area contributed by atoms with Gasteiger partial charge in [0.05, 0.1) is 0 Å². The van der Waals surface area contributed by atoms with Gasteiger partial charge >= 0.3 is 0 Å². The summed E-state index contributed by atoms with van der Waals surface area (Å²) >= 11 is 0. The van der Waals surface area contributed by atoms with E-state index in [4.69, 9.17) is 11.5 Å². The van der Waals surface area contributed by atoms with Crippen LogP contribution in [0, 0.1) is 0 Å². The standard InChI is InChI=1S/C21H44N2/c1-3-4-5-6-7-8-9-10-11-12-13-14-15-16-17-18-19-21(23)20(2)22/h10-11,20-21H,3-9,12-19,22-23H2,1-2H3/t20?,21-/m0/s1. The van der Waals surface area contributed by atoms with Crippen LogP contribution in [0.2, 0.25) is 0 Å². The molecule has 0 aliphatic carbocycles. The lowest BCUT2D eigenvalue weighted by Crippen LogP contribution is -2.38. The number of hydrogen-bond donors (Lipinski definition) is 2. The zero-order chi connectivity index (χ0) is 17.2. The summed E-state index contributed by atoms with van der Waals surface area (Å²) in [6.45, 7) is 4.28. The molecule has 0 amide bonds. The van der Waals surface area contributed by atoms with Gasteiger partial charge in [-0.05, 0) is 39.0 Å². The van der Waals surface area contributed by atoms with Crippen LogP contribution in [-0.4, -0.2) is 12.1 Å². The SMILES string of the molecule is CCCCCCCCC=CCCCCCCCC[C@H](N)C(C)N. The maximum Gasteiger partial charge on any atom is 0.0189 e. The molecule has 23 heavy (non-hydrogen) atoms. The van der Waals surface area contributed by atoms with E-state index in [0.29, 0.717) is 0 Å².